The molecule has 3 atom stereocenters. The first-order chi connectivity index (χ1) is 7.45. The molecular weight excluding hydrogens is 217 g/mol. The van der Waals surface area contributed by atoms with Crippen LogP contribution in [0, 0.1) is 29.1 Å². The number of hydrogen-bond acceptors (Lipinski definition) is 2. The summed E-state index contributed by atoms with van der Waals surface area (Å²) in [5.41, 5.74) is 0. The Bertz CT molecular complexity index is 257. The van der Waals surface area contributed by atoms with Gasteiger partial charge in [-0.25, -0.2) is 0 Å². The Morgan fingerprint density at radius 2 is 2.12 bits per heavy atom. The average Bonchev–Trinajstić information content (AvgIpc) is 2.57. The molecule has 1 fully saturated rings. The van der Waals surface area contributed by atoms with Gasteiger partial charge in [-0.2, -0.15) is 18.4 Å². The molecule has 0 bridgehead atoms. The highest BCUT2D eigenvalue weighted by Gasteiger charge is 2.39. The Morgan fingerprint density at radius 1 is 1.44 bits per heavy atom. The molecule has 0 aliphatic heterocycles. The van der Waals surface area contributed by atoms with Crippen LogP contribution in [0.3, 0.4) is 0 Å². The van der Waals surface area contributed by atoms with E-state index in [0.29, 0.717) is 18.4 Å². The number of halogens is 3. The standard InChI is InChI=1S/C11H17F3N2/c1-8-3-2-4-9(8)6-16-7-10(5-15)11(12,13)14/h8-10,16H,2-4,6-7H2,1H3. The second kappa shape index (κ2) is 5.53. The minimum absolute atomic E-state index is 0.288. The summed E-state index contributed by atoms with van der Waals surface area (Å²) >= 11 is 0. The van der Waals surface area contributed by atoms with Crippen LogP contribution in [-0.2, 0) is 0 Å². The second-order valence-corrected chi connectivity index (χ2v) is 4.55. The smallest absolute Gasteiger partial charge is 0.315 e. The fraction of sp³-hybridized carbons (Fsp3) is 0.909. The molecule has 92 valence electrons. The van der Waals surface area contributed by atoms with E-state index in [4.69, 9.17) is 5.26 Å². The third-order valence-electron chi connectivity index (χ3n) is 3.35. The Morgan fingerprint density at radius 3 is 2.56 bits per heavy atom. The molecule has 0 aromatic heterocycles. The molecule has 16 heavy (non-hydrogen) atoms. The number of rotatable bonds is 4. The number of hydrogen-bond donors (Lipinski definition) is 1. The zero-order valence-corrected chi connectivity index (χ0v) is 9.35. The van der Waals surface area contributed by atoms with E-state index in [1.54, 1.807) is 0 Å². The molecule has 1 aliphatic rings. The summed E-state index contributed by atoms with van der Waals surface area (Å²) in [4.78, 5) is 0. The Balaban J connectivity index is 2.27. The molecule has 1 N–H and O–H groups in total. The van der Waals surface area contributed by atoms with Crippen LogP contribution in [0.5, 0.6) is 0 Å². The molecule has 1 saturated carbocycles. The van der Waals surface area contributed by atoms with E-state index in [-0.39, 0.29) is 6.54 Å². The normalized spacial score (nSPS) is 27.7. The molecule has 0 aromatic carbocycles. The highest BCUT2D eigenvalue weighted by Crippen LogP contribution is 2.30. The second-order valence-electron chi connectivity index (χ2n) is 4.55. The molecule has 0 heterocycles. The van der Waals surface area contributed by atoms with Gasteiger partial charge in [-0.05, 0) is 24.8 Å². The fourth-order valence-corrected chi connectivity index (χ4v) is 2.17. The number of nitrogens with zero attached hydrogens (tertiary/aromatic N) is 1. The van der Waals surface area contributed by atoms with Gasteiger partial charge in [0.25, 0.3) is 0 Å². The minimum Gasteiger partial charge on any atom is -0.315 e. The van der Waals surface area contributed by atoms with Crippen LogP contribution in [0.2, 0.25) is 0 Å². The average molecular weight is 234 g/mol. The van der Waals surface area contributed by atoms with E-state index in [2.05, 4.69) is 12.2 Å². The molecule has 0 spiro atoms. The first-order valence-corrected chi connectivity index (χ1v) is 5.62. The van der Waals surface area contributed by atoms with Gasteiger partial charge in [0, 0.05) is 6.54 Å². The lowest BCUT2D eigenvalue weighted by Crippen LogP contribution is -2.35. The summed E-state index contributed by atoms with van der Waals surface area (Å²) < 4.78 is 36.7. The van der Waals surface area contributed by atoms with Crippen molar-refractivity contribution in [2.24, 2.45) is 17.8 Å². The van der Waals surface area contributed by atoms with Crippen LogP contribution in [0.1, 0.15) is 26.2 Å². The fourth-order valence-electron chi connectivity index (χ4n) is 2.17. The summed E-state index contributed by atoms with van der Waals surface area (Å²) in [6, 6.07) is 1.29. The highest BCUT2D eigenvalue weighted by atomic mass is 19.4. The van der Waals surface area contributed by atoms with Crippen LogP contribution in [0.4, 0.5) is 13.2 Å². The zero-order chi connectivity index (χ0) is 12.2. The van der Waals surface area contributed by atoms with Crippen molar-refractivity contribution in [1.82, 2.24) is 5.32 Å². The molecule has 1 rings (SSSR count). The van der Waals surface area contributed by atoms with Crippen molar-refractivity contribution in [3.8, 4) is 6.07 Å². The van der Waals surface area contributed by atoms with Gasteiger partial charge < -0.3 is 5.32 Å². The van der Waals surface area contributed by atoms with Gasteiger partial charge in [0.2, 0.25) is 0 Å². The van der Waals surface area contributed by atoms with Crippen molar-refractivity contribution in [3.05, 3.63) is 0 Å². The topological polar surface area (TPSA) is 35.8 Å². The maximum atomic E-state index is 12.2. The van der Waals surface area contributed by atoms with Crippen molar-refractivity contribution >= 4 is 0 Å². The molecular formula is C11H17F3N2. The summed E-state index contributed by atoms with van der Waals surface area (Å²) in [6.07, 6.45) is -1.01. The predicted molar refractivity (Wildman–Crippen MR) is 54.5 cm³/mol. The van der Waals surface area contributed by atoms with Gasteiger partial charge in [-0.3, -0.25) is 0 Å². The molecule has 3 unspecified atom stereocenters. The van der Waals surface area contributed by atoms with Gasteiger partial charge in [-0.15, -0.1) is 0 Å². The molecule has 2 nitrogen and oxygen atoms in total. The quantitative estimate of drug-likeness (QED) is 0.811. The van der Waals surface area contributed by atoms with Crippen LogP contribution in [0.15, 0.2) is 0 Å². The highest BCUT2D eigenvalue weighted by molar-refractivity contribution is 4.90. The molecule has 0 aromatic rings. The van der Waals surface area contributed by atoms with Gasteiger partial charge in [-0.1, -0.05) is 19.8 Å². The zero-order valence-electron chi connectivity index (χ0n) is 9.35. The first-order valence-electron chi connectivity index (χ1n) is 5.62. The lowest BCUT2D eigenvalue weighted by atomic mass is 9.98. The Hall–Kier alpha value is -0.760. The predicted octanol–water partition coefficient (Wildman–Crippen LogP) is 2.71. The number of nitriles is 1. The van der Waals surface area contributed by atoms with E-state index in [0.717, 1.165) is 19.3 Å². The Labute approximate surface area is 93.8 Å². The lowest BCUT2D eigenvalue weighted by molar-refractivity contribution is -0.157. The van der Waals surface area contributed by atoms with E-state index >= 15 is 0 Å². The SMILES string of the molecule is CC1CCCC1CNCC(C#N)C(F)(F)F. The van der Waals surface area contributed by atoms with Gasteiger partial charge in [0.15, 0.2) is 5.92 Å². The van der Waals surface area contributed by atoms with Gasteiger partial charge >= 0.3 is 6.18 Å². The van der Waals surface area contributed by atoms with E-state index in [1.165, 1.54) is 6.07 Å². The van der Waals surface area contributed by atoms with E-state index in [1.807, 2.05) is 0 Å². The monoisotopic (exact) mass is 234 g/mol. The van der Waals surface area contributed by atoms with E-state index < -0.39 is 12.1 Å². The van der Waals surface area contributed by atoms with Gasteiger partial charge in [0.05, 0.1) is 6.07 Å². The molecule has 1 aliphatic carbocycles. The molecule has 0 saturated heterocycles. The molecule has 0 amide bonds. The maximum absolute atomic E-state index is 12.2. The summed E-state index contributed by atoms with van der Waals surface area (Å²) in [5.74, 6) is -0.837. The molecule has 5 heteroatoms. The van der Waals surface area contributed by atoms with Gasteiger partial charge in [0.1, 0.15) is 0 Å². The summed E-state index contributed by atoms with van der Waals surface area (Å²) in [6.45, 7) is 2.43. The summed E-state index contributed by atoms with van der Waals surface area (Å²) in [5, 5.41) is 11.2. The number of nitrogens with one attached hydrogen (secondary N) is 1. The lowest BCUT2D eigenvalue weighted by Gasteiger charge is -2.18. The number of alkyl halides is 3. The minimum atomic E-state index is -4.41. The maximum Gasteiger partial charge on any atom is 0.405 e. The van der Waals surface area contributed by atoms with Crippen molar-refractivity contribution < 1.29 is 13.2 Å². The Kier molecular flexibility index (Phi) is 4.60. The van der Waals surface area contributed by atoms with Crippen LogP contribution in [0.25, 0.3) is 0 Å². The van der Waals surface area contributed by atoms with E-state index in [9.17, 15) is 13.2 Å². The van der Waals surface area contributed by atoms with Crippen molar-refractivity contribution in [2.45, 2.75) is 32.4 Å². The van der Waals surface area contributed by atoms with Crippen LogP contribution in [-0.4, -0.2) is 19.3 Å². The van der Waals surface area contributed by atoms with Crippen molar-refractivity contribution in [3.63, 3.8) is 0 Å². The third kappa shape index (κ3) is 3.67. The largest absolute Gasteiger partial charge is 0.405 e. The van der Waals surface area contributed by atoms with Crippen molar-refractivity contribution in [2.75, 3.05) is 13.1 Å². The van der Waals surface area contributed by atoms with Crippen LogP contribution >= 0.6 is 0 Å². The third-order valence-corrected chi connectivity index (χ3v) is 3.35. The molecule has 0 radical (unpaired) electrons. The van der Waals surface area contributed by atoms with Crippen molar-refractivity contribution in [1.29, 1.82) is 5.26 Å². The summed E-state index contributed by atoms with van der Waals surface area (Å²) in [7, 11) is 0. The first kappa shape index (κ1) is 13.3. The van der Waals surface area contributed by atoms with Crippen LogP contribution < -0.4 is 5.32 Å².